The van der Waals surface area contributed by atoms with Crippen LogP contribution in [0, 0.1) is 5.92 Å². The van der Waals surface area contributed by atoms with Gasteiger partial charge in [0.2, 0.25) is 5.91 Å². The lowest BCUT2D eigenvalue weighted by atomic mass is 9.89. The second-order valence-electron chi connectivity index (χ2n) is 5.62. The lowest BCUT2D eigenvalue weighted by Crippen LogP contribution is -2.53. The number of alkyl carbamates (subject to hydrolysis) is 1. The lowest BCUT2D eigenvalue weighted by Gasteiger charge is -2.38. The number of hydrogen-bond acceptors (Lipinski definition) is 5. The van der Waals surface area contributed by atoms with Crippen molar-refractivity contribution in [3.63, 3.8) is 0 Å². The predicted molar refractivity (Wildman–Crippen MR) is 78.6 cm³/mol. The maximum Gasteiger partial charge on any atom is 0.407 e. The van der Waals surface area contributed by atoms with Gasteiger partial charge in [0.1, 0.15) is 0 Å². The molecular formula is C14H27N3O4. The first kappa shape index (κ1) is 17.7. The minimum absolute atomic E-state index is 0.0915. The minimum atomic E-state index is -0.446. The van der Waals surface area contributed by atoms with E-state index in [0.29, 0.717) is 32.5 Å². The smallest absolute Gasteiger partial charge is 0.407 e. The zero-order valence-electron chi connectivity index (χ0n) is 12.9. The van der Waals surface area contributed by atoms with E-state index in [2.05, 4.69) is 5.32 Å². The van der Waals surface area contributed by atoms with Crippen LogP contribution in [-0.4, -0.2) is 60.4 Å². The number of aliphatic hydroxyl groups excluding tert-OH is 1. The first-order valence-corrected chi connectivity index (χ1v) is 7.56. The zero-order chi connectivity index (χ0) is 15.8. The molecule has 21 heavy (non-hydrogen) atoms. The summed E-state index contributed by atoms with van der Waals surface area (Å²) < 4.78 is 4.89. The molecule has 0 aromatic carbocycles. The van der Waals surface area contributed by atoms with Crippen LogP contribution in [0.25, 0.3) is 0 Å². The maximum atomic E-state index is 11.5. The number of primary amides is 1. The standard InChI is InChI=1S/C14H27N3O4/c1-3-12(18)6-10-5-11(16-14(20)21-4-2)8-17(7-10)9-13(15)19/h10-12,18H,3-9H2,1-2H3,(H2,15,19)(H,16,20). The SMILES string of the molecule is CCOC(=O)NC1CC(CC(O)CC)CN(CC(N)=O)C1. The monoisotopic (exact) mass is 301 g/mol. The highest BCUT2D eigenvalue weighted by Gasteiger charge is 2.30. The summed E-state index contributed by atoms with van der Waals surface area (Å²) in [6, 6.07) is -0.0915. The molecule has 3 atom stereocenters. The van der Waals surface area contributed by atoms with Gasteiger partial charge in [0.05, 0.1) is 19.3 Å². The van der Waals surface area contributed by atoms with Gasteiger partial charge in [-0.2, -0.15) is 0 Å². The average Bonchev–Trinajstić information content (AvgIpc) is 2.37. The predicted octanol–water partition coefficient (Wildman–Crippen LogP) is 0.0693. The van der Waals surface area contributed by atoms with Crippen LogP contribution in [-0.2, 0) is 9.53 Å². The molecule has 0 saturated carbocycles. The van der Waals surface area contributed by atoms with E-state index >= 15 is 0 Å². The van der Waals surface area contributed by atoms with Gasteiger partial charge in [-0.15, -0.1) is 0 Å². The van der Waals surface area contributed by atoms with Crippen LogP contribution >= 0.6 is 0 Å². The van der Waals surface area contributed by atoms with E-state index in [0.717, 1.165) is 6.42 Å². The number of piperidine rings is 1. The van der Waals surface area contributed by atoms with Gasteiger partial charge in [-0.05, 0) is 32.1 Å². The van der Waals surface area contributed by atoms with Crippen LogP contribution in [0.5, 0.6) is 0 Å². The molecule has 1 aliphatic heterocycles. The van der Waals surface area contributed by atoms with E-state index in [1.54, 1.807) is 6.92 Å². The minimum Gasteiger partial charge on any atom is -0.450 e. The molecule has 122 valence electrons. The van der Waals surface area contributed by atoms with E-state index in [9.17, 15) is 14.7 Å². The summed E-state index contributed by atoms with van der Waals surface area (Å²) in [4.78, 5) is 24.6. The lowest BCUT2D eigenvalue weighted by molar-refractivity contribution is -0.119. The van der Waals surface area contributed by atoms with Gasteiger partial charge in [-0.1, -0.05) is 6.92 Å². The molecule has 1 fully saturated rings. The van der Waals surface area contributed by atoms with Gasteiger partial charge in [0.25, 0.3) is 0 Å². The molecule has 1 saturated heterocycles. The van der Waals surface area contributed by atoms with E-state index in [-0.39, 0.29) is 30.5 Å². The number of carbonyl (C=O) groups excluding carboxylic acids is 2. The summed E-state index contributed by atoms with van der Waals surface area (Å²) in [7, 11) is 0. The molecule has 1 rings (SSSR count). The number of amides is 2. The van der Waals surface area contributed by atoms with Crippen LogP contribution in [0.1, 0.15) is 33.1 Å². The molecule has 0 radical (unpaired) electrons. The quantitative estimate of drug-likeness (QED) is 0.617. The van der Waals surface area contributed by atoms with Crippen LogP contribution in [0.4, 0.5) is 4.79 Å². The van der Waals surface area contributed by atoms with E-state index in [1.165, 1.54) is 0 Å². The van der Waals surface area contributed by atoms with Crippen LogP contribution in [0.15, 0.2) is 0 Å². The molecule has 0 spiro atoms. The summed E-state index contributed by atoms with van der Waals surface area (Å²) in [5.41, 5.74) is 5.25. The number of aliphatic hydroxyl groups is 1. The van der Waals surface area contributed by atoms with Crippen molar-refractivity contribution >= 4 is 12.0 Å². The maximum absolute atomic E-state index is 11.5. The molecule has 7 heteroatoms. The fraction of sp³-hybridized carbons (Fsp3) is 0.857. The molecule has 1 aliphatic rings. The Morgan fingerprint density at radius 3 is 2.71 bits per heavy atom. The van der Waals surface area contributed by atoms with Gasteiger partial charge < -0.3 is 20.9 Å². The second kappa shape index (κ2) is 8.84. The molecule has 3 unspecified atom stereocenters. The molecule has 0 aliphatic carbocycles. The van der Waals surface area contributed by atoms with Gasteiger partial charge >= 0.3 is 6.09 Å². The number of nitrogens with two attached hydrogens (primary N) is 1. The number of likely N-dealkylation sites (tertiary alicyclic amines) is 1. The fourth-order valence-corrected chi connectivity index (χ4v) is 2.82. The third-order valence-electron chi connectivity index (χ3n) is 3.67. The van der Waals surface area contributed by atoms with Crippen LogP contribution < -0.4 is 11.1 Å². The number of carbonyl (C=O) groups is 2. The van der Waals surface area contributed by atoms with Crippen molar-refractivity contribution in [1.82, 2.24) is 10.2 Å². The van der Waals surface area contributed by atoms with Gasteiger partial charge in [-0.3, -0.25) is 9.69 Å². The van der Waals surface area contributed by atoms with Gasteiger partial charge in [0, 0.05) is 19.1 Å². The summed E-state index contributed by atoms with van der Waals surface area (Å²) in [6.07, 6.45) is 1.32. The number of nitrogens with zero attached hydrogens (tertiary/aromatic N) is 1. The van der Waals surface area contributed by atoms with E-state index < -0.39 is 6.09 Å². The Hall–Kier alpha value is -1.34. The number of ether oxygens (including phenoxy) is 1. The summed E-state index contributed by atoms with van der Waals surface area (Å²) in [6.45, 7) is 5.45. The molecule has 0 aromatic rings. The topological polar surface area (TPSA) is 105 Å². The Kier molecular flexibility index (Phi) is 7.45. The third-order valence-corrected chi connectivity index (χ3v) is 3.67. The highest BCUT2D eigenvalue weighted by Crippen LogP contribution is 2.22. The normalized spacial score (nSPS) is 24.3. The number of rotatable bonds is 7. The summed E-state index contributed by atoms with van der Waals surface area (Å²) >= 11 is 0. The third kappa shape index (κ3) is 6.77. The van der Waals surface area contributed by atoms with E-state index in [4.69, 9.17) is 10.5 Å². The first-order valence-electron chi connectivity index (χ1n) is 7.56. The van der Waals surface area contributed by atoms with Crippen molar-refractivity contribution in [1.29, 1.82) is 0 Å². The Bertz CT molecular complexity index is 351. The zero-order valence-corrected chi connectivity index (χ0v) is 12.9. The van der Waals surface area contributed by atoms with E-state index in [1.807, 2.05) is 11.8 Å². The Morgan fingerprint density at radius 2 is 2.14 bits per heavy atom. The van der Waals surface area contributed by atoms with Crippen molar-refractivity contribution in [2.24, 2.45) is 11.7 Å². The van der Waals surface area contributed by atoms with Crippen LogP contribution in [0.3, 0.4) is 0 Å². The molecule has 7 nitrogen and oxygen atoms in total. The summed E-state index contributed by atoms with van der Waals surface area (Å²) in [5, 5.41) is 12.6. The number of hydrogen-bond donors (Lipinski definition) is 3. The Morgan fingerprint density at radius 1 is 1.43 bits per heavy atom. The summed E-state index contributed by atoms with van der Waals surface area (Å²) in [5.74, 6) is -0.165. The first-order chi connectivity index (χ1) is 9.94. The van der Waals surface area contributed by atoms with Gasteiger partial charge in [0.15, 0.2) is 0 Å². The fourth-order valence-electron chi connectivity index (χ4n) is 2.82. The molecule has 0 aromatic heterocycles. The highest BCUT2D eigenvalue weighted by molar-refractivity contribution is 5.76. The average molecular weight is 301 g/mol. The molecule has 0 bridgehead atoms. The number of nitrogens with one attached hydrogen (secondary N) is 1. The Balaban J connectivity index is 2.60. The molecule has 4 N–H and O–H groups in total. The molecule has 1 heterocycles. The Labute approximate surface area is 125 Å². The molecule has 2 amide bonds. The van der Waals surface area contributed by atoms with Crippen molar-refractivity contribution < 1.29 is 19.4 Å². The second-order valence-corrected chi connectivity index (χ2v) is 5.62. The largest absolute Gasteiger partial charge is 0.450 e. The van der Waals surface area contributed by atoms with Crippen molar-refractivity contribution in [2.75, 3.05) is 26.2 Å². The highest BCUT2D eigenvalue weighted by atomic mass is 16.5. The van der Waals surface area contributed by atoms with Crippen molar-refractivity contribution in [3.8, 4) is 0 Å². The molecular weight excluding hydrogens is 274 g/mol. The van der Waals surface area contributed by atoms with Crippen LogP contribution in [0.2, 0.25) is 0 Å². The van der Waals surface area contributed by atoms with Crippen molar-refractivity contribution in [2.45, 2.75) is 45.3 Å². The van der Waals surface area contributed by atoms with Crippen molar-refractivity contribution in [3.05, 3.63) is 0 Å². The van der Waals surface area contributed by atoms with Gasteiger partial charge in [-0.25, -0.2) is 4.79 Å².